The van der Waals surface area contributed by atoms with Gasteiger partial charge in [0, 0.05) is 17.5 Å². The zero-order chi connectivity index (χ0) is 31.8. The first-order chi connectivity index (χ1) is 20.2. The molecule has 0 saturated carbocycles. The van der Waals surface area contributed by atoms with Crippen LogP contribution in [-0.2, 0) is 20.7 Å². The molecule has 2 aromatic carbocycles. The van der Waals surface area contributed by atoms with Gasteiger partial charge in [-0.2, -0.15) is 4.68 Å². The van der Waals surface area contributed by atoms with Crippen molar-refractivity contribution < 1.29 is 24.1 Å². The molecule has 43 heavy (non-hydrogen) atoms. The van der Waals surface area contributed by atoms with Gasteiger partial charge < -0.3 is 30.4 Å². The molecule has 3 aromatic rings. The van der Waals surface area contributed by atoms with Crippen molar-refractivity contribution in [2.24, 2.45) is 11.1 Å². The predicted octanol–water partition coefficient (Wildman–Crippen LogP) is 2.31. The Morgan fingerprint density at radius 3 is 2.19 bits per heavy atom. The number of aromatic nitrogens is 3. The number of benzene rings is 2. The minimum Gasteiger partial charge on any atom is -0.506 e. The second-order valence-corrected chi connectivity index (χ2v) is 12.3. The Bertz CT molecular complexity index is 1460. The number of ether oxygens (including phenoxy) is 3. The Balaban J connectivity index is 1.77. The van der Waals surface area contributed by atoms with Crippen molar-refractivity contribution in [1.29, 1.82) is 0 Å². The standard InChI is InChI=1S/C31H45N5O7/c1-30(2,3)27(38)24(33-31(4,5)6)19-21-7-12-26(37)25(20-21)36-29(40)35(28(39)34-36)22-8-10-23(11-9-22)43-18-17-42-16-15-41-14-13-32/h7-12,20,24,33,37H,13-19,32H2,1-6H3,(H,34,39)/t24-/m0/s1. The van der Waals surface area contributed by atoms with E-state index < -0.39 is 22.8 Å². The zero-order valence-electron chi connectivity index (χ0n) is 25.9. The average molecular weight is 600 g/mol. The van der Waals surface area contributed by atoms with Crippen LogP contribution >= 0.6 is 0 Å². The molecule has 0 radical (unpaired) electrons. The van der Waals surface area contributed by atoms with Gasteiger partial charge in [0.05, 0.1) is 38.2 Å². The van der Waals surface area contributed by atoms with E-state index in [2.05, 4.69) is 10.4 Å². The molecule has 0 amide bonds. The van der Waals surface area contributed by atoms with Crippen molar-refractivity contribution in [2.75, 3.05) is 39.6 Å². The monoisotopic (exact) mass is 599 g/mol. The molecule has 1 heterocycles. The minimum absolute atomic E-state index is 0.0432. The van der Waals surface area contributed by atoms with E-state index in [1.54, 1.807) is 36.4 Å². The maximum absolute atomic E-state index is 13.4. The Hall–Kier alpha value is -3.71. The van der Waals surface area contributed by atoms with E-state index in [4.69, 9.17) is 19.9 Å². The molecular formula is C31H45N5O7. The van der Waals surface area contributed by atoms with E-state index in [9.17, 15) is 19.5 Å². The number of hydrogen-bond donors (Lipinski definition) is 4. The number of Topliss-reactive ketones (excluding diaryl/α,β-unsaturated/α-hetero) is 1. The summed E-state index contributed by atoms with van der Waals surface area (Å²) >= 11 is 0. The third-order valence-electron chi connectivity index (χ3n) is 6.40. The van der Waals surface area contributed by atoms with Gasteiger partial charge in [-0.1, -0.05) is 26.8 Å². The van der Waals surface area contributed by atoms with Gasteiger partial charge in [-0.3, -0.25) is 4.79 Å². The third kappa shape index (κ3) is 9.65. The lowest BCUT2D eigenvalue weighted by atomic mass is 9.83. The summed E-state index contributed by atoms with van der Waals surface area (Å²) < 4.78 is 18.3. The fourth-order valence-corrected chi connectivity index (χ4v) is 4.45. The number of carbonyl (C=O) groups excluding carboxylic acids is 1. The number of nitrogens with two attached hydrogens (primary N) is 1. The summed E-state index contributed by atoms with van der Waals surface area (Å²) in [7, 11) is 0. The topological polar surface area (TPSA) is 163 Å². The van der Waals surface area contributed by atoms with Gasteiger partial charge in [-0.15, -0.1) is 0 Å². The van der Waals surface area contributed by atoms with Crippen LogP contribution in [0.1, 0.15) is 47.1 Å². The summed E-state index contributed by atoms with van der Waals surface area (Å²) in [5.74, 6) is 0.393. The van der Waals surface area contributed by atoms with Crippen LogP contribution in [0.5, 0.6) is 11.5 Å². The van der Waals surface area contributed by atoms with Crippen LogP contribution < -0.4 is 27.2 Å². The van der Waals surface area contributed by atoms with Crippen LogP contribution in [0.3, 0.4) is 0 Å². The number of aromatic hydroxyl groups is 1. The van der Waals surface area contributed by atoms with Crippen LogP contribution in [-0.4, -0.2) is 76.4 Å². The van der Waals surface area contributed by atoms with Crippen molar-refractivity contribution in [3.63, 3.8) is 0 Å². The van der Waals surface area contributed by atoms with Crippen molar-refractivity contribution in [1.82, 2.24) is 19.7 Å². The SMILES string of the molecule is CC(C)(C)N[C@@H](Cc1ccc(O)c(-n2[nH]c(=O)n(-c3ccc(OCCOCCOCCN)cc3)c2=O)c1)C(=O)C(C)(C)C. The van der Waals surface area contributed by atoms with Crippen LogP contribution in [0.4, 0.5) is 0 Å². The zero-order valence-corrected chi connectivity index (χ0v) is 25.9. The Morgan fingerprint density at radius 1 is 0.953 bits per heavy atom. The Morgan fingerprint density at radius 2 is 1.58 bits per heavy atom. The minimum atomic E-state index is -0.688. The summed E-state index contributed by atoms with van der Waals surface area (Å²) in [6, 6.07) is 10.7. The molecule has 5 N–H and O–H groups in total. The number of phenols is 1. The number of carbonyl (C=O) groups is 1. The Kier molecular flexibility index (Phi) is 11.5. The highest BCUT2D eigenvalue weighted by Gasteiger charge is 2.32. The van der Waals surface area contributed by atoms with E-state index in [1.807, 2.05) is 41.5 Å². The molecule has 1 atom stereocenters. The van der Waals surface area contributed by atoms with E-state index in [-0.39, 0.29) is 22.8 Å². The lowest BCUT2D eigenvalue weighted by Gasteiger charge is -2.32. The van der Waals surface area contributed by atoms with Crippen molar-refractivity contribution in [3.05, 3.63) is 69.0 Å². The fraction of sp³-hybridized carbons (Fsp3) is 0.516. The van der Waals surface area contributed by atoms with Gasteiger partial charge >= 0.3 is 11.4 Å². The summed E-state index contributed by atoms with van der Waals surface area (Å²) in [5.41, 5.74) is 4.24. The maximum atomic E-state index is 13.4. The highest BCUT2D eigenvalue weighted by Crippen LogP contribution is 2.25. The van der Waals surface area contributed by atoms with Crippen LogP contribution in [0, 0.1) is 5.41 Å². The van der Waals surface area contributed by atoms with Crippen LogP contribution in [0.15, 0.2) is 52.1 Å². The largest absolute Gasteiger partial charge is 0.506 e. The first kappa shape index (κ1) is 33.8. The normalized spacial score (nSPS) is 12.8. The van der Waals surface area contributed by atoms with E-state index in [1.165, 1.54) is 6.07 Å². The molecule has 0 bridgehead atoms. The molecule has 0 aliphatic heterocycles. The lowest BCUT2D eigenvalue weighted by Crippen LogP contribution is -2.51. The van der Waals surface area contributed by atoms with E-state index in [0.29, 0.717) is 63.0 Å². The molecule has 0 aliphatic carbocycles. The molecule has 3 rings (SSSR count). The maximum Gasteiger partial charge on any atom is 0.356 e. The van der Waals surface area contributed by atoms with E-state index >= 15 is 0 Å². The second kappa shape index (κ2) is 14.6. The second-order valence-electron chi connectivity index (χ2n) is 12.3. The van der Waals surface area contributed by atoms with Gasteiger partial charge in [-0.25, -0.2) is 19.3 Å². The average Bonchev–Trinajstić information content (AvgIpc) is 3.22. The number of phenolic OH excluding ortho intramolecular Hbond substituents is 1. The molecule has 0 fully saturated rings. The third-order valence-corrected chi connectivity index (χ3v) is 6.40. The van der Waals surface area contributed by atoms with Gasteiger partial charge in [0.15, 0.2) is 5.78 Å². The molecule has 0 unspecified atom stereocenters. The van der Waals surface area contributed by atoms with Crippen molar-refractivity contribution in [3.8, 4) is 22.9 Å². The smallest absolute Gasteiger partial charge is 0.356 e. The van der Waals surface area contributed by atoms with Gasteiger partial charge in [-0.05, 0) is 69.2 Å². The summed E-state index contributed by atoms with van der Waals surface area (Å²) in [6.07, 6.45) is 0.328. The molecule has 236 valence electrons. The van der Waals surface area contributed by atoms with Crippen LogP contribution in [0.2, 0.25) is 0 Å². The molecular weight excluding hydrogens is 554 g/mol. The molecule has 12 nitrogen and oxygen atoms in total. The number of nitrogens with zero attached hydrogens (tertiary/aromatic N) is 2. The first-order valence-corrected chi connectivity index (χ1v) is 14.4. The first-order valence-electron chi connectivity index (χ1n) is 14.4. The quantitative estimate of drug-likeness (QED) is 0.192. The summed E-state index contributed by atoms with van der Waals surface area (Å²) in [6.45, 7) is 14.1. The highest BCUT2D eigenvalue weighted by molar-refractivity contribution is 5.89. The summed E-state index contributed by atoms with van der Waals surface area (Å²) in [4.78, 5) is 39.5. The lowest BCUT2D eigenvalue weighted by molar-refractivity contribution is -0.128. The fourth-order valence-electron chi connectivity index (χ4n) is 4.45. The number of H-pyrrole nitrogens is 1. The highest BCUT2D eigenvalue weighted by atomic mass is 16.5. The van der Waals surface area contributed by atoms with Crippen molar-refractivity contribution in [2.45, 2.75) is 59.5 Å². The predicted molar refractivity (Wildman–Crippen MR) is 165 cm³/mol. The van der Waals surface area contributed by atoms with Crippen molar-refractivity contribution >= 4 is 5.78 Å². The number of hydrogen-bond acceptors (Lipinski definition) is 9. The number of aromatic amines is 1. The number of ketones is 1. The van der Waals surface area contributed by atoms with Gasteiger partial charge in [0.2, 0.25) is 0 Å². The van der Waals surface area contributed by atoms with Gasteiger partial charge in [0.25, 0.3) is 0 Å². The molecule has 0 saturated heterocycles. The van der Waals surface area contributed by atoms with E-state index in [0.717, 1.165) is 9.25 Å². The Labute approximate surface area is 251 Å². The number of nitrogens with one attached hydrogen (secondary N) is 2. The molecule has 1 aromatic heterocycles. The van der Waals surface area contributed by atoms with Gasteiger partial charge in [0.1, 0.15) is 23.8 Å². The number of rotatable bonds is 15. The van der Waals surface area contributed by atoms with Crippen LogP contribution in [0.25, 0.3) is 11.4 Å². The summed E-state index contributed by atoms with van der Waals surface area (Å²) in [5, 5.41) is 16.6. The molecule has 0 aliphatic rings. The molecule has 12 heteroatoms. The molecule has 0 spiro atoms.